The quantitative estimate of drug-likeness (QED) is 0.872. The first-order valence-corrected chi connectivity index (χ1v) is 7.69. The van der Waals surface area contributed by atoms with Crippen LogP contribution in [0.3, 0.4) is 0 Å². The van der Waals surface area contributed by atoms with E-state index in [1.807, 2.05) is 36.3 Å². The molecule has 116 valence electrons. The van der Waals surface area contributed by atoms with E-state index in [0.29, 0.717) is 26.2 Å². The summed E-state index contributed by atoms with van der Waals surface area (Å²) in [6.45, 7) is 3.88. The van der Waals surface area contributed by atoms with Gasteiger partial charge in [-0.05, 0) is 24.6 Å². The van der Waals surface area contributed by atoms with Crippen LogP contribution in [0.1, 0.15) is 22.9 Å². The van der Waals surface area contributed by atoms with Crippen LogP contribution in [0.15, 0.2) is 42.6 Å². The molecule has 1 aromatic heterocycles. The number of rotatable bonds is 3. The van der Waals surface area contributed by atoms with Crippen molar-refractivity contribution in [2.45, 2.75) is 19.4 Å². The number of aromatic nitrogens is 1. The van der Waals surface area contributed by atoms with E-state index in [1.165, 1.54) is 5.56 Å². The van der Waals surface area contributed by atoms with E-state index in [9.17, 15) is 4.79 Å². The molecule has 0 radical (unpaired) electrons. The van der Waals surface area contributed by atoms with Gasteiger partial charge in [0.2, 0.25) is 5.91 Å². The van der Waals surface area contributed by atoms with E-state index in [1.54, 1.807) is 0 Å². The van der Waals surface area contributed by atoms with Crippen molar-refractivity contribution in [3.8, 4) is 0 Å². The Labute approximate surface area is 131 Å². The van der Waals surface area contributed by atoms with Crippen LogP contribution in [0, 0.1) is 6.92 Å². The van der Waals surface area contributed by atoms with Crippen molar-refractivity contribution in [3.05, 3.63) is 59.4 Å². The number of benzene rings is 1. The summed E-state index contributed by atoms with van der Waals surface area (Å²) in [6, 6.07) is 12.2. The molecule has 1 aliphatic rings. The van der Waals surface area contributed by atoms with Gasteiger partial charge in [0.1, 0.15) is 0 Å². The first kappa shape index (κ1) is 14.9. The monoisotopic (exact) mass is 298 g/mol. The highest BCUT2D eigenvalue weighted by molar-refractivity contribution is 5.79. The normalized spacial score (nSPS) is 18.5. The number of carbonyl (C=O) groups is 1. The third-order valence-corrected chi connectivity index (χ3v) is 4.21. The van der Waals surface area contributed by atoms with Gasteiger partial charge in [0.05, 0.1) is 25.7 Å². The van der Waals surface area contributed by atoms with Gasteiger partial charge in [-0.25, -0.2) is 0 Å². The molecular formula is C18H22N2O2. The van der Waals surface area contributed by atoms with Gasteiger partial charge in [0.25, 0.3) is 0 Å². The van der Waals surface area contributed by atoms with Gasteiger partial charge < -0.3 is 14.2 Å². The van der Waals surface area contributed by atoms with Crippen molar-refractivity contribution < 1.29 is 9.53 Å². The molecule has 0 unspecified atom stereocenters. The van der Waals surface area contributed by atoms with E-state index in [2.05, 4.69) is 29.7 Å². The zero-order valence-electron chi connectivity index (χ0n) is 13.2. The molecule has 2 heterocycles. The second-order valence-corrected chi connectivity index (χ2v) is 5.89. The van der Waals surface area contributed by atoms with Gasteiger partial charge in [-0.3, -0.25) is 4.79 Å². The molecule has 4 nitrogen and oxygen atoms in total. The molecule has 2 aromatic rings. The number of morpholine rings is 1. The molecule has 0 bridgehead atoms. The van der Waals surface area contributed by atoms with Gasteiger partial charge in [-0.2, -0.15) is 0 Å². The van der Waals surface area contributed by atoms with Crippen molar-refractivity contribution in [1.82, 2.24) is 9.47 Å². The highest BCUT2D eigenvalue weighted by Crippen LogP contribution is 2.25. The van der Waals surface area contributed by atoms with Crippen LogP contribution in [0.4, 0.5) is 0 Å². The summed E-state index contributed by atoms with van der Waals surface area (Å²) in [5.41, 5.74) is 3.38. The second kappa shape index (κ2) is 6.36. The number of nitrogens with zero attached hydrogens (tertiary/aromatic N) is 2. The second-order valence-electron chi connectivity index (χ2n) is 5.89. The van der Waals surface area contributed by atoms with Crippen LogP contribution in [-0.4, -0.2) is 35.1 Å². The Hall–Kier alpha value is -2.07. The lowest BCUT2D eigenvalue weighted by atomic mass is 10.1. The number of hydrogen-bond donors (Lipinski definition) is 0. The minimum atomic E-state index is 0.00561. The summed E-state index contributed by atoms with van der Waals surface area (Å²) >= 11 is 0. The van der Waals surface area contributed by atoms with E-state index >= 15 is 0 Å². The highest BCUT2D eigenvalue weighted by atomic mass is 16.5. The molecule has 0 spiro atoms. The topological polar surface area (TPSA) is 34.5 Å². The van der Waals surface area contributed by atoms with E-state index in [4.69, 9.17) is 4.74 Å². The predicted octanol–water partition coefficient (Wildman–Crippen LogP) is 2.48. The number of ether oxygens (including phenoxy) is 1. The van der Waals surface area contributed by atoms with E-state index in [-0.39, 0.29) is 11.9 Å². The summed E-state index contributed by atoms with van der Waals surface area (Å²) in [5.74, 6) is 0.167. The fraction of sp³-hybridized carbons (Fsp3) is 0.389. The molecule has 1 saturated heterocycles. The summed E-state index contributed by atoms with van der Waals surface area (Å²) in [4.78, 5) is 14.7. The molecule has 4 heteroatoms. The fourth-order valence-electron chi connectivity index (χ4n) is 3.07. The molecule has 22 heavy (non-hydrogen) atoms. The number of carbonyl (C=O) groups excluding carboxylic acids is 1. The molecule has 1 amide bonds. The summed E-state index contributed by atoms with van der Waals surface area (Å²) in [5, 5.41) is 0. The van der Waals surface area contributed by atoms with E-state index < -0.39 is 0 Å². The van der Waals surface area contributed by atoms with Gasteiger partial charge in [0.15, 0.2) is 0 Å². The first-order chi connectivity index (χ1) is 10.6. The lowest BCUT2D eigenvalue weighted by molar-refractivity contribution is -0.139. The Morgan fingerprint density at radius 2 is 2.18 bits per heavy atom. The Bertz CT molecular complexity index is 663. The van der Waals surface area contributed by atoms with Crippen molar-refractivity contribution >= 4 is 5.91 Å². The zero-order valence-corrected chi connectivity index (χ0v) is 13.2. The Morgan fingerprint density at radius 3 is 2.91 bits per heavy atom. The maximum atomic E-state index is 12.8. The Kier molecular flexibility index (Phi) is 4.29. The average Bonchev–Trinajstić information content (AvgIpc) is 2.93. The number of aryl methyl sites for hydroxylation is 2. The van der Waals surface area contributed by atoms with Crippen LogP contribution in [0.25, 0.3) is 0 Å². The van der Waals surface area contributed by atoms with Crippen LogP contribution < -0.4 is 0 Å². The summed E-state index contributed by atoms with van der Waals surface area (Å²) in [6.07, 6.45) is 2.45. The molecule has 1 aliphatic heterocycles. The number of hydrogen-bond acceptors (Lipinski definition) is 2. The fourth-order valence-corrected chi connectivity index (χ4v) is 3.07. The predicted molar refractivity (Wildman–Crippen MR) is 85.6 cm³/mol. The Balaban J connectivity index is 1.78. The van der Waals surface area contributed by atoms with Gasteiger partial charge in [-0.15, -0.1) is 0 Å². The largest absolute Gasteiger partial charge is 0.377 e. The first-order valence-electron chi connectivity index (χ1n) is 7.69. The lowest BCUT2D eigenvalue weighted by Gasteiger charge is -2.36. The minimum Gasteiger partial charge on any atom is -0.377 e. The maximum Gasteiger partial charge on any atom is 0.227 e. The Morgan fingerprint density at radius 1 is 1.32 bits per heavy atom. The smallest absolute Gasteiger partial charge is 0.227 e. The van der Waals surface area contributed by atoms with Gasteiger partial charge >= 0.3 is 0 Å². The van der Waals surface area contributed by atoms with Crippen molar-refractivity contribution in [1.29, 1.82) is 0 Å². The highest BCUT2D eigenvalue weighted by Gasteiger charge is 2.29. The molecule has 3 rings (SSSR count). The molecule has 0 saturated carbocycles. The third-order valence-electron chi connectivity index (χ3n) is 4.21. The molecule has 0 N–H and O–H groups in total. The van der Waals surface area contributed by atoms with E-state index in [0.717, 1.165) is 11.3 Å². The third kappa shape index (κ3) is 3.07. The van der Waals surface area contributed by atoms with Crippen LogP contribution in [0.5, 0.6) is 0 Å². The van der Waals surface area contributed by atoms with Crippen LogP contribution in [-0.2, 0) is 23.0 Å². The number of amides is 1. The van der Waals surface area contributed by atoms with Crippen molar-refractivity contribution in [2.24, 2.45) is 7.05 Å². The molecule has 1 aromatic carbocycles. The summed E-state index contributed by atoms with van der Waals surface area (Å²) in [7, 11) is 2.01. The zero-order chi connectivity index (χ0) is 15.5. The SMILES string of the molecule is Cc1cccc(CC(=O)N2CCOC[C@H]2c2cccn2C)c1. The molecule has 1 fully saturated rings. The van der Waals surface area contributed by atoms with Crippen LogP contribution in [0.2, 0.25) is 0 Å². The van der Waals surface area contributed by atoms with Crippen molar-refractivity contribution in [3.63, 3.8) is 0 Å². The van der Waals surface area contributed by atoms with Crippen LogP contribution >= 0.6 is 0 Å². The lowest BCUT2D eigenvalue weighted by Crippen LogP contribution is -2.44. The summed E-state index contributed by atoms with van der Waals surface area (Å²) < 4.78 is 7.67. The van der Waals surface area contributed by atoms with Gasteiger partial charge in [-0.1, -0.05) is 29.8 Å². The minimum absolute atomic E-state index is 0.00561. The maximum absolute atomic E-state index is 12.8. The molecule has 1 atom stereocenters. The molecular weight excluding hydrogens is 276 g/mol. The van der Waals surface area contributed by atoms with Gasteiger partial charge in [0, 0.05) is 25.5 Å². The standard InChI is InChI=1S/C18H22N2O2/c1-14-5-3-6-15(11-14)12-18(21)20-9-10-22-13-17(20)16-7-4-8-19(16)2/h3-8,11,17H,9-10,12-13H2,1-2H3/t17-/m0/s1. The average molecular weight is 298 g/mol. The molecule has 0 aliphatic carbocycles. The van der Waals surface area contributed by atoms with Crippen molar-refractivity contribution in [2.75, 3.05) is 19.8 Å².